The lowest BCUT2D eigenvalue weighted by atomic mass is 9.75. The molecule has 1 saturated carbocycles. The van der Waals surface area contributed by atoms with E-state index in [0.717, 1.165) is 93.0 Å². The molecule has 1 atom stereocenters. The summed E-state index contributed by atoms with van der Waals surface area (Å²) < 4.78 is 8.01. The number of pyridine rings is 1. The van der Waals surface area contributed by atoms with Gasteiger partial charge in [0.15, 0.2) is 0 Å². The predicted octanol–water partition coefficient (Wildman–Crippen LogP) is 3.41. The number of piperidine rings is 1. The molecule has 3 aliphatic rings. The van der Waals surface area contributed by atoms with Gasteiger partial charge in [-0.2, -0.15) is 5.10 Å². The van der Waals surface area contributed by atoms with E-state index < -0.39 is 0 Å². The molecule has 3 aromatic heterocycles. The molecule has 2 saturated heterocycles. The SMILES string of the molecule is COC1(c2ccc(-c3cc4c(N5CCN(C(=O)C6CC(C)C6)CC5)ccnn4c3)nc2)CCN([C@@H](C)CO)CC1. The van der Waals surface area contributed by atoms with E-state index in [0.29, 0.717) is 11.8 Å². The maximum atomic E-state index is 12.8. The summed E-state index contributed by atoms with van der Waals surface area (Å²) in [7, 11) is 1.79. The highest BCUT2D eigenvalue weighted by Gasteiger charge is 2.38. The summed E-state index contributed by atoms with van der Waals surface area (Å²) in [5.41, 5.74) is 4.87. The van der Waals surface area contributed by atoms with Gasteiger partial charge in [-0.25, -0.2) is 4.52 Å². The van der Waals surface area contributed by atoms with Crippen molar-refractivity contribution in [3.8, 4) is 11.3 Å². The van der Waals surface area contributed by atoms with Crippen LogP contribution in [0, 0.1) is 11.8 Å². The Labute approximate surface area is 236 Å². The number of rotatable bonds is 7. The van der Waals surface area contributed by atoms with Crippen molar-refractivity contribution in [2.75, 3.05) is 57.9 Å². The van der Waals surface area contributed by atoms with Crippen molar-refractivity contribution in [2.24, 2.45) is 11.8 Å². The number of ether oxygens (including phenoxy) is 1. The quantitative estimate of drug-likeness (QED) is 0.486. The molecule has 0 spiro atoms. The number of aliphatic hydroxyl groups is 1. The van der Waals surface area contributed by atoms with Gasteiger partial charge in [0.2, 0.25) is 5.91 Å². The van der Waals surface area contributed by atoms with Crippen LogP contribution in [0.15, 0.2) is 42.9 Å². The molecule has 9 nitrogen and oxygen atoms in total. The maximum absolute atomic E-state index is 12.8. The van der Waals surface area contributed by atoms with Crippen LogP contribution < -0.4 is 4.90 Å². The zero-order valence-corrected chi connectivity index (χ0v) is 24.0. The summed E-state index contributed by atoms with van der Waals surface area (Å²) >= 11 is 0. The molecule has 1 N–H and O–H groups in total. The molecule has 214 valence electrons. The van der Waals surface area contributed by atoms with E-state index in [1.54, 1.807) is 7.11 Å². The minimum Gasteiger partial charge on any atom is -0.395 e. The average molecular weight is 547 g/mol. The fraction of sp³-hybridized carbons (Fsp3) is 0.581. The number of piperazine rings is 1. The highest BCUT2D eigenvalue weighted by Crippen LogP contribution is 2.38. The molecule has 1 amide bonds. The minimum absolute atomic E-state index is 0.167. The summed E-state index contributed by atoms with van der Waals surface area (Å²) in [5, 5.41) is 14.1. The van der Waals surface area contributed by atoms with E-state index in [1.165, 1.54) is 0 Å². The lowest BCUT2D eigenvalue weighted by Gasteiger charge is -2.42. The van der Waals surface area contributed by atoms with Crippen molar-refractivity contribution in [3.63, 3.8) is 0 Å². The number of anilines is 1. The lowest BCUT2D eigenvalue weighted by molar-refractivity contribution is -0.140. The number of carbonyl (C=O) groups excluding carboxylic acids is 1. The Balaban J connectivity index is 1.16. The van der Waals surface area contributed by atoms with Gasteiger partial charge in [0, 0.05) is 88.1 Å². The fourth-order valence-electron chi connectivity index (χ4n) is 6.82. The van der Waals surface area contributed by atoms with Crippen molar-refractivity contribution in [1.82, 2.24) is 24.4 Å². The summed E-state index contributed by atoms with van der Waals surface area (Å²) in [4.78, 5) is 24.4. The zero-order valence-electron chi connectivity index (χ0n) is 24.0. The second-order valence-corrected chi connectivity index (χ2v) is 12.1. The van der Waals surface area contributed by atoms with E-state index in [2.05, 4.69) is 57.9 Å². The summed E-state index contributed by atoms with van der Waals surface area (Å²) in [6.45, 7) is 9.44. The molecule has 2 aliphatic heterocycles. The van der Waals surface area contributed by atoms with Gasteiger partial charge in [-0.3, -0.25) is 14.7 Å². The molecular weight excluding hydrogens is 504 g/mol. The van der Waals surface area contributed by atoms with E-state index in [-0.39, 0.29) is 24.2 Å². The van der Waals surface area contributed by atoms with Gasteiger partial charge < -0.3 is 19.6 Å². The molecule has 3 fully saturated rings. The number of hydrogen-bond donors (Lipinski definition) is 1. The number of carbonyl (C=O) groups is 1. The van der Waals surface area contributed by atoms with E-state index >= 15 is 0 Å². The molecule has 1 aliphatic carbocycles. The molecule has 0 unspecified atom stereocenters. The van der Waals surface area contributed by atoms with Crippen LogP contribution in [0.3, 0.4) is 0 Å². The number of hydrogen-bond acceptors (Lipinski definition) is 7. The maximum Gasteiger partial charge on any atom is 0.225 e. The van der Waals surface area contributed by atoms with Gasteiger partial charge in [0.05, 0.1) is 29.1 Å². The lowest BCUT2D eigenvalue weighted by Crippen LogP contribution is -2.52. The van der Waals surface area contributed by atoms with Crippen molar-refractivity contribution in [2.45, 2.75) is 51.2 Å². The molecule has 40 heavy (non-hydrogen) atoms. The number of methoxy groups -OCH3 is 1. The van der Waals surface area contributed by atoms with Gasteiger partial charge >= 0.3 is 0 Å². The Kier molecular flexibility index (Phi) is 7.54. The summed E-state index contributed by atoms with van der Waals surface area (Å²) in [6.07, 6.45) is 9.68. The van der Waals surface area contributed by atoms with Crippen LogP contribution in [-0.4, -0.2) is 94.4 Å². The monoisotopic (exact) mass is 546 g/mol. The second-order valence-electron chi connectivity index (χ2n) is 12.1. The Bertz CT molecular complexity index is 1320. The Morgan fingerprint density at radius 2 is 1.88 bits per heavy atom. The van der Waals surface area contributed by atoms with Crippen molar-refractivity contribution < 1.29 is 14.6 Å². The normalized spacial score (nSPS) is 24.2. The first-order valence-corrected chi connectivity index (χ1v) is 14.8. The Morgan fingerprint density at radius 1 is 1.12 bits per heavy atom. The number of nitrogens with zero attached hydrogens (tertiary/aromatic N) is 6. The van der Waals surface area contributed by atoms with Gasteiger partial charge in [0.25, 0.3) is 0 Å². The number of aromatic nitrogens is 3. The van der Waals surface area contributed by atoms with Gasteiger partial charge in [-0.15, -0.1) is 0 Å². The largest absolute Gasteiger partial charge is 0.395 e. The summed E-state index contributed by atoms with van der Waals surface area (Å²) in [6, 6.07) is 8.64. The van der Waals surface area contributed by atoms with Crippen LogP contribution >= 0.6 is 0 Å². The third kappa shape index (κ3) is 4.99. The number of aliphatic hydroxyl groups excluding tert-OH is 1. The zero-order chi connectivity index (χ0) is 27.9. The van der Waals surface area contributed by atoms with Crippen LogP contribution in [-0.2, 0) is 15.1 Å². The molecule has 0 radical (unpaired) electrons. The van der Waals surface area contributed by atoms with E-state index in [4.69, 9.17) is 9.72 Å². The number of amides is 1. The molecule has 3 aromatic rings. The van der Waals surface area contributed by atoms with Crippen LogP contribution in [0.25, 0.3) is 16.8 Å². The molecule has 0 bridgehead atoms. The minimum atomic E-state index is -0.349. The van der Waals surface area contributed by atoms with Crippen LogP contribution in [0.5, 0.6) is 0 Å². The van der Waals surface area contributed by atoms with E-state index in [1.807, 2.05) is 23.1 Å². The van der Waals surface area contributed by atoms with E-state index in [9.17, 15) is 9.90 Å². The third-order valence-electron chi connectivity index (χ3n) is 9.61. The third-order valence-corrected chi connectivity index (χ3v) is 9.61. The van der Waals surface area contributed by atoms with Crippen LogP contribution in [0.4, 0.5) is 5.69 Å². The smallest absolute Gasteiger partial charge is 0.225 e. The standard InChI is InChI=1S/C31H42N6O3/c1-22-16-24(17-22)30(39)36-14-12-35(13-15-36)28-6-9-33-37-20-25(18-29(28)37)27-5-4-26(19-32-27)31(40-3)7-10-34(11-8-31)23(2)21-38/h4-6,9,18-20,22-24,38H,7-8,10-17,21H2,1-3H3/t22?,23-,24?/m0/s1. The van der Waals surface area contributed by atoms with Gasteiger partial charge in [0.1, 0.15) is 0 Å². The second kappa shape index (κ2) is 11.1. The molecule has 0 aromatic carbocycles. The van der Waals surface area contributed by atoms with Crippen molar-refractivity contribution in [1.29, 1.82) is 0 Å². The molecular formula is C31H42N6O3. The average Bonchev–Trinajstić information content (AvgIpc) is 3.44. The molecule has 6 rings (SSSR count). The molecule has 5 heterocycles. The highest BCUT2D eigenvalue weighted by atomic mass is 16.5. The predicted molar refractivity (Wildman–Crippen MR) is 155 cm³/mol. The Morgan fingerprint density at radius 3 is 2.50 bits per heavy atom. The highest BCUT2D eigenvalue weighted by molar-refractivity contribution is 5.81. The first-order valence-electron chi connectivity index (χ1n) is 14.8. The first kappa shape index (κ1) is 27.2. The van der Waals surface area contributed by atoms with Crippen molar-refractivity contribution in [3.05, 3.63) is 48.4 Å². The van der Waals surface area contributed by atoms with Crippen LogP contribution in [0.2, 0.25) is 0 Å². The van der Waals surface area contributed by atoms with Crippen LogP contribution in [0.1, 0.15) is 45.1 Å². The fourth-order valence-corrected chi connectivity index (χ4v) is 6.82. The molecule has 9 heteroatoms. The number of likely N-dealkylation sites (tertiary alicyclic amines) is 1. The topological polar surface area (TPSA) is 86.4 Å². The first-order chi connectivity index (χ1) is 19.4. The van der Waals surface area contributed by atoms with Gasteiger partial charge in [-0.05, 0) is 56.7 Å². The van der Waals surface area contributed by atoms with Crippen molar-refractivity contribution >= 4 is 17.1 Å². The van der Waals surface area contributed by atoms with Gasteiger partial charge in [-0.1, -0.05) is 13.0 Å². The summed E-state index contributed by atoms with van der Waals surface area (Å²) in [5.74, 6) is 1.27. The number of fused-ring (bicyclic) bond motifs is 1. The Hall–Kier alpha value is -3.01.